The van der Waals surface area contributed by atoms with Gasteiger partial charge >= 0.3 is 0 Å². The number of methoxy groups -OCH3 is 2. The molecule has 1 atom stereocenters. The van der Waals surface area contributed by atoms with E-state index in [-0.39, 0.29) is 17.1 Å². The van der Waals surface area contributed by atoms with Gasteiger partial charge in [-0.15, -0.1) is 10.2 Å². The molecule has 0 saturated heterocycles. The summed E-state index contributed by atoms with van der Waals surface area (Å²) in [6, 6.07) is 14.4. The van der Waals surface area contributed by atoms with Gasteiger partial charge in [-0.05, 0) is 49.9 Å². The highest BCUT2D eigenvalue weighted by atomic mass is 16.5. The first-order valence-electron chi connectivity index (χ1n) is 11.5. The van der Waals surface area contributed by atoms with Gasteiger partial charge < -0.3 is 19.8 Å². The van der Waals surface area contributed by atoms with Gasteiger partial charge in [0.15, 0.2) is 17.3 Å². The number of hydrogen-bond acceptors (Lipinski definition) is 7. The quantitative estimate of drug-likeness (QED) is 0.240. The molecule has 3 rings (SSSR count). The van der Waals surface area contributed by atoms with Gasteiger partial charge in [0.2, 0.25) is 0 Å². The number of carbonyl (C=O) groups excluding carboxylic acids is 2. The lowest BCUT2D eigenvalue weighted by Gasteiger charge is -2.13. The fourth-order valence-electron chi connectivity index (χ4n) is 3.69. The molecule has 3 aromatic rings. The minimum atomic E-state index is -0.749. The number of Topliss-reactive ketones (excluding diaryl/α,β-unsaturated/α-hetero) is 1. The van der Waals surface area contributed by atoms with Crippen molar-refractivity contribution in [2.75, 3.05) is 14.2 Å². The van der Waals surface area contributed by atoms with Crippen molar-refractivity contribution in [1.29, 1.82) is 0 Å². The van der Waals surface area contributed by atoms with Crippen molar-refractivity contribution in [3.05, 3.63) is 93.2 Å². The van der Waals surface area contributed by atoms with E-state index in [9.17, 15) is 14.4 Å². The second-order valence-corrected chi connectivity index (χ2v) is 8.25. The summed E-state index contributed by atoms with van der Waals surface area (Å²) in [6.45, 7) is 2.96. The van der Waals surface area contributed by atoms with Crippen LogP contribution in [0.15, 0.2) is 65.0 Å². The van der Waals surface area contributed by atoms with Crippen LogP contribution in [0.2, 0.25) is 0 Å². The number of ketones is 1. The van der Waals surface area contributed by atoms with Crippen molar-refractivity contribution in [2.45, 2.75) is 39.2 Å². The minimum Gasteiger partial charge on any atom is -0.493 e. The van der Waals surface area contributed by atoms with Crippen molar-refractivity contribution < 1.29 is 19.1 Å². The van der Waals surface area contributed by atoms with Crippen molar-refractivity contribution in [3.63, 3.8) is 0 Å². The first-order valence-corrected chi connectivity index (χ1v) is 11.5. The smallest absolute Gasteiger partial charge is 0.275 e. The van der Waals surface area contributed by atoms with Crippen LogP contribution in [0, 0.1) is 0 Å². The molecule has 188 valence electrons. The van der Waals surface area contributed by atoms with Crippen LogP contribution in [0.5, 0.6) is 11.5 Å². The Bertz CT molecular complexity index is 1300. The summed E-state index contributed by atoms with van der Waals surface area (Å²) in [5.74, 6) is 0.618. The van der Waals surface area contributed by atoms with E-state index in [1.165, 1.54) is 6.92 Å². The Labute approximate surface area is 209 Å². The number of allylic oxidation sites excluding steroid dienone is 1. The summed E-state index contributed by atoms with van der Waals surface area (Å²) < 4.78 is 10.5. The number of H-pyrrole nitrogens is 1. The van der Waals surface area contributed by atoms with Gasteiger partial charge in [-0.3, -0.25) is 14.4 Å². The number of rotatable bonds is 11. The Balaban J connectivity index is 1.67. The number of aromatic nitrogens is 3. The molecule has 9 heteroatoms. The van der Waals surface area contributed by atoms with Crippen molar-refractivity contribution in [3.8, 4) is 11.5 Å². The normalized spacial score (nSPS) is 12.1. The molecule has 0 bridgehead atoms. The lowest BCUT2D eigenvalue weighted by molar-refractivity contribution is -0.122. The monoisotopic (exact) mass is 490 g/mol. The highest BCUT2D eigenvalue weighted by Crippen LogP contribution is 2.28. The first-order chi connectivity index (χ1) is 17.3. The van der Waals surface area contributed by atoms with E-state index < -0.39 is 17.5 Å². The molecule has 0 aliphatic carbocycles. The Morgan fingerprint density at radius 3 is 2.39 bits per heavy atom. The zero-order valence-corrected chi connectivity index (χ0v) is 20.8. The van der Waals surface area contributed by atoms with Crippen LogP contribution in [-0.2, 0) is 22.4 Å². The minimum absolute atomic E-state index is 0.0478. The molecule has 1 amide bonds. The summed E-state index contributed by atoms with van der Waals surface area (Å²) >= 11 is 0. The van der Waals surface area contributed by atoms with Crippen molar-refractivity contribution in [2.24, 2.45) is 0 Å². The molecular formula is C27H30N4O5. The SMILES string of the molecule is COc1ccc(Cc2nnc(C(C)NC(=O)/C(=C/CCc3ccccc3)C(C)=O)c(=O)[nH]2)cc1OC. The lowest BCUT2D eigenvalue weighted by Crippen LogP contribution is -2.34. The topological polar surface area (TPSA) is 123 Å². The first kappa shape index (κ1) is 26.3. The third-order valence-electron chi connectivity index (χ3n) is 5.59. The number of hydrogen-bond donors (Lipinski definition) is 2. The van der Waals surface area contributed by atoms with Gasteiger partial charge in [0, 0.05) is 6.42 Å². The standard InChI is InChI=1S/C27H30N4O5/c1-17(28-26(33)21(18(2)32)12-8-11-19-9-6-5-7-10-19)25-27(34)29-24(30-31-25)16-20-13-14-22(35-3)23(15-20)36-4/h5-7,9-10,12-15,17H,8,11,16H2,1-4H3,(H,28,33)(H,29,30,34)/b21-12+. The third kappa shape index (κ3) is 6.88. The van der Waals surface area contributed by atoms with E-state index >= 15 is 0 Å². The van der Waals surface area contributed by atoms with Crippen LogP contribution in [0.4, 0.5) is 0 Å². The van der Waals surface area contributed by atoms with Crippen molar-refractivity contribution >= 4 is 11.7 Å². The molecule has 9 nitrogen and oxygen atoms in total. The molecular weight excluding hydrogens is 460 g/mol. The van der Waals surface area contributed by atoms with Crippen LogP contribution in [0.25, 0.3) is 0 Å². The molecule has 0 radical (unpaired) electrons. The summed E-state index contributed by atoms with van der Waals surface area (Å²) in [7, 11) is 3.10. The molecule has 0 aliphatic heterocycles. The zero-order chi connectivity index (χ0) is 26.1. The average Bonchev–Trinajstić information content (AvgIpc) is 2.86. The number of amides is 1. The van der Waals surface area contributed by atoms with E-state index in [0.717, 1.165) is 11.1 Å². The highest BCUT2D eigenvalue weighted by Gasteiger charge is 2.20. The summed E-state index contributed by atoms with van der Waals surface area (Å²) in [6.07, 6.45) is 3.18. The van der Waals surface area contributed by atoms with Gasteiger partial charge in [0.1, 0.15) is 11.5 Å². The van der Waals surface area contributed by atoms with Crippen LogP contribution >= 0.6 is 0 Å². The summed E-state index contributed by atoms with van der Waals surface area (Å²) in [5, 5.41) is 10.8. The summed E-state index contributed by atoms with van der Waals surface area (Å²) in [5.41, 5.74) is 1.59. The van der Waals surface area contributed by atoms with E-state index in [1.54, 1.807) is 39.4 Å². The number of nitrogens with zero attached hydrogens (tertiary/aromatic N) is 2. The maximum atomic E-state index is 12.8. The number of ether oxygens (including phenoxy) is 2. The van der Waals surface area contributed by atoms with Gasteiger partial charge in [-0.2, -0.15) is 0 Å². The fourth-order valence-corrected chi connectivity index (χ4v) is 3.69. The maximum Gasteiger partial charge on any atom is 0.275 e. The third-order valence-corrected chi connectivity index (χ3v) is 5.59. The van der Waals surface area contributed by atoms with Crippen LogP contribution < -0.4 is 20.3 Å². The van der Waals surface area contributed by atoms with Gasteiger partial charge in [-0.25, -0.2) is 0 Å². The molecule has 2 aromatic carbocycles. The predicted molar refractivity (Wildman–Crippen MR) is 135 cm³/mol. The molecule has 0 saturated carbocycles. The molecule has 36 heavy (non-hydrogen) atoms. The molecule has 1 aromatic heterocycles. The number of aromatic amines is 1. The number of aryl methyl sites for hydroxylation is 1. The number of carbonyl (C=O) groups is 2. The van der Waals surface area contributed by atoms with E-state index in [1.807, 2.05) is 36.4 Å². The van der Waals surface area contributed by atoms with E-state index in [0.29, 0.717) is 36.6 Å². The van der Waals surface area contributed by atoms with Gasteiger partial charge in [0.25, 0.3) is 11.5 Å². The fraction of sp³-hybridized carbons (Fsp3) is 0.296. The van der Waals surface area contributed by atoms with Crippen LogP contribution in [-0.4, -0.2) is 41.1 Å². The van der Waals surface area contributed by atoms with Gasteiger partial charge in [0.05, 0.1) is 25.8 Å². The zero-order valence-electron chi connectivity index (χ0n) is 20.8. The Hall–Kier alpha value is -4.27. The van der Waals surface area contributed by atoms with E-state index in [2.05, 4.69) is 20.5 Å². The predicted octanol–water partition coefficient (Wildman–Crippen LogP) is 3.10. The largest absolute Gasteiger partial charge is 0.493 e. The molecule has 0 aliphatic rings. The number of nitrogens with one attached hydrogen (secondary N) is 2. The summed E-state index contributed by atoms with van der Waals surface area (Å²) in [4.78, 5) is 40.2. The Kier molecular flexibility index (Phi) is 9.10. The van der Waals surface area contributed by atoms with Crippen LogP contribution in [0.1, 0.15) is 49.0 Å². The maximum absolute atomic E-state index is 12.8. The second-order valence-electron chi connectivity index (χ2n) is 8.25. The van der Waals surface area contributed by atoms with Crippen LogP contribution in [0.3, 0.4) is 0 Å². The molecule has 0 fully saturated rings. The molecule has 1 unspecified atom stereocenters. The second kappa shape index (κ2) is 12.4. The average molecular weight is 491 g/mol. The molecule has 0 spiro atoms. The molecule has 2 N–H and O–H groups in total. The Morgan fingerprint density at radius 1 is 1.03 bits per heavy atom. The lowest BCUT2D eigenvalue weighted by atomic mass is 10.1. The highest BCUT2D eigenvalue weighted by molar-refractivity contribution is 6.18. The van der Waals surface area contributed by atoms with Gasteiger partial charge in [-0.1, -0.05) is 42.5 Å². The molecule has 1 heterocycles. The van der Waals surface area contributed by atoms with E-state index in [4.69, 9.17) is 9.47 Å². The van der Waals surface area contributed by atoms with Crippen molar-refractivity contribution in [1.82, 2.24) is 20.5 Å². The Morgan fingerprint density at radius 2 is 1.75 bits per heavy atom. The number of benzene rings is 2.